The molecule has 0 fully saturated rings. The van der Waals surface area contributed by atoms with Crippen molar-refractivity contribution in [1.82, 2.24) is 47.9 Å². The number of unbranched alkanes of at least 4 members (excludes halogenated alkanes) is 3. The molecule has 0 aromatic carbocycles. The van der Waals surface area contributed by atoms with Crippen LogP contribution in [0.4, 0.5) is 0 Å². The minimum Gasteiger partial charge on any atom is -0.481 e. The first-order valence-electron chi connectivity index (χ1n) is 28.1. The fourth-order valence-electron chi connectivity index (χ4n) is 8.14. The van der Waals surface area contributed by atoms with Crippen LogP contribution in [0.1, 0.15) is 150 Å². The van der Waals surface area contributed by atoms with Gasteiger partial charge < -0.3 is 96.3 Å². The summed E-state index contributed by atoms with van der Waals surface area (Å²) in [7, 11) is 0. The third-order valence-electron chi connectivity index (χ3n) is 12.7. The normalized spacial score (nSPS) is 14.7. The van der Waals surface area contributed by atoms with Crippen molar-refractivity contribution < 1.29 is 92.7 Å². The molecule has 32 heteroatoms. The fourth-order valence-corrected chi connectivity index (χ4v) is 8.14. The number of carboxylic acids is 5. The zero-order chi connectivity index (χ0) is 64.2. The Morgan fingerprint density at radius 2 is 0.607 bits per heavy atom. The van der Waals surface area contributed by atoms with Gasteiger partial charge in [0, 0.05) is 19.3 Å². The number of rotatable bonds is 46. The van der Waals surface area contributed by atoms with Crippen LogP contribution in [0.2, 0.25) is 0 Å². The average Bonchev–Trinajstić information content (AvgIpc) is 3.56. The maximum atomic E-state index is 14.0. The number of aliphatic carboxylic acids is 5. The molecule has 22 N–H and O–H groups in total. The molecule has 84 heavy (non-hydrogen) atoms. The molecule has 0 aromatic rings. The quantitative estimate of drug-likeness (QED) is 0.0261. The summed E-state index contributed by atoms with van der Waals surface area (Å²) in [4.78, 5) is 182. The first kappa shape index (κ1) is 76.4. The van der Waals surface area contributed by atoms with Crippen molar-refractivity contribution in [2.24, 2.45) is 34.8 Å². The van der Waals surface area contributed by atoms with Gasteiger partial charge in [-0.15, -0.1) is 0 Å². The molecule has 32 nitrogen and oxygen atoms in total. The molecule has 0 saturated carbocycles. The molecule has 0 radical (unpaired) electrons. The lowest BCUT2D eigenvalue weighted by Crippen LogP contribution is -2.60. The van der Waals surface area contributed by atoms with Crippen LogP contribution in [0.3, 0.4) is 0 Å². The monoisotopic (exact) mass is 1200 g/mol. The molecule has 0 aliphatic heterocycles. The van der Waals surface area contributed by atoms with Gasteiger partial charge in [0.1, 0.15) is 54.4 Å². The fraction of sp³-hybridized carbons (Fsp3) is 0.731. The third kappa shape index (κ3) is 32.9. The van der Waals surface area contributed by atoms with E-state index in [0.717, 1.165) is 0 Å². The molecule has 10 atom stereocenters. The average molecular weight is 1200 g/mol. The second-order valence-electron chi connectivity index (χ2n) is 21.2. The highest BCUT2D eigenvalue weighted by Crippen LogP contribution is 2.13. The van der Waals surface area contributed by atoms with Crippen LogP contribution in [-0.4, -0.2) is 189 Å². The lowest BCUT2D eigenvalue weighted by molar-refractivity contribution is -0.144. The highest BCUT2D eigenvalue weighted by molar-refractivity contribution is 5.99. The molecule has 0 bridgehead atoms. The van der Waals surface area contributed by atoms with E-state index >= 15 is 0 Å². The van der Waals surface area contributed by atoms with Crippen molar-refractivity contribution >= 4 is 83.0 Å². The van der Waals surface area contributed by atoms with Gasteiger partial charge in [-0.25, -0.2) is 4.79 Å². The molecule has 478 valence electrons. The van der Waals surface area contributed by atoms with Crippen LogP contribution in [0.15, 0.2) is 0 Å². The highest BCUT2D eigenvalue weighted by atomic mass is 16.4. The zero-order valence-corrected chi connectivity index (χ0v) is 48.5. The Hall–Kier alpha value is -7.58. The van der Waals surface area contributed by atoms with E-state index in [4.69, 9.17) is 28.0 Å². The minimum absolute atomic E-state index is 0.00535. The number of hydrogen-bond acceptors (Lipinski definition) is 18. The largest absolute Gasteiger partial charge is 0.481 e. The zero-order valence-electron chi connectivity index (χ0n) is 48.5. The summed E-state index contributed by atoms with van der Waals surface area (Å²) in [6.07, 6.45) is -2.60. The van der Waals surface area contributed by atoms with Crippen molar-refractivity contribution in [1.29, 1.82) is 0 Å². The second-order valence-corrected chi connectivity index (χ2v) is 21.2. The predicted molar refractivity (Wildman–Crippen MR) is 299 cm³/mol. The van der Waals surface area contributed by atoms with E-state index in [0.29, 0.717) is 38.6 Å². The summed E-state index contributed by atoms with van der Waals surface area (Å²) < 4.78 is 0. The number of carbonyl (C=O) groups excluding carboxylic acids is 9. The van der Waals surface area contributed by atoms with Gasteiger partial charge in [-0.2, -0.15) is 0 Å². The first-order chi connectivity index (χ1) is 39.4. The lowest BCUT2D eigenvalue weighted by atomic mass is 9.99. The molecule has 9 amide bonds. The lowest BCUT2D eigenvalue weighted by Gasteiger charge is -2.28. The second kappa shape index (κ2) is 41.4. The van der Waals surface area contributed by atoms with Gasteiger partial charge in [-0.1, -0.05) is 34.1 Å². The number of nitrogens with one attached hydrogen (secondary N) is 9. The first-order valence-corrected chi connectivity index (χ1v) is 28.1. The van der Waals surface area contributed by atoms with E-state index in [9.17, 15) is 87.5 Å². The summed E-state index contributed by atoms with van der Waals surface area (Å²) in [6, 6.07) is -15.2. The van der Waals surface area contributed by atoms with Crippen molar-refractivity contribution in [3.8, 4) is 0 Å². The van der Waals surface area contributed by atoms with Crippen LogP contribution in [0.5, 0.6) is 0 Å². The van der Waals surface area contributed by atoms with Gasteiger partial charge in [0.2, 0.25) is 53.2 Å². The molecule has 0 aromatic heterocycles. The van der Waals surface area contributed by atoms with Crippen LogP contribution in [0.25, 0.3) is 0 Å². The molecule has 0 rings (SSSR count). The van der Waals surface area contributed by atoms with Crippen LogP contribution in [0, 0.1) is 11.8 Å². The van der Waals surface area contributed by atoms with E-state index in [2.05, 4.69) is 47.9 Å². The molecule has 0 heterocycles. The van der Waals surface area contributed by atoms with E-state index in [1.165, 1.54) is 6.92 Å². The van der Waals surface area contributed by atoms with Gasteiger partial charge in [0.25, 0.3) is 0 Å². The van der Waals surface area contributed by atoms with Gasteiger partial charge >= 0.3 is 29.8 Å². The molecule has 0 spiro atoms. The van der Waals surface area contributed by atoms with Gasteiger partial charge in [0.15, 0.2) is 0 Å². The Labute approximate surface area is 487 Å². The molecular weight excluding hydrogens is 1110 g/mol. The summed E-state index contributed by atoms with van der Waals surface area (Å²) in [6.45, 7) is 8.78. The molecule has 0 unspecified atom stereocenters. The van der Waals surface area contributed by atoms with Crippen LogP contribution < -0.4 is 70.8 Å². The summed E-state index contributed by atoms with van der Waals surface area (Å²) in [5.41, 5.74) is 22.7. The van der Waals surface area contributed by atoms with E-state index in [1.54, 1.807) is 27.7 Å². The molecule has 0 aliphatic rings. The minimum atomic E-state index is -1.81. The smallest absolute Gasteiger partial charge is 0.326 e. The number of carbonyl (C=O) groups is 14. The Morgan fingerprint density at radius 1 is 0.321 bits per heavy atom. The SMILES string of the molecule is CC(C)C[C@H](NC(=O)[C@H](C)NC(=O)[C@H](CCC(=O)O)NC(=O)[C@H](CCCCN)NC(=O)[C@H](CCC(=O)O)NC(=O)[C@H](CC(=O)O)NC(=O)[C@@H](N)CCCCN)C(=O)N[C@@H](CC(C)C)C(=O)N[C@@H](CCCCN)C(=O)N[C@@H](CCC(=O)O)C(=O)O. The van der Waals surface area contributed by atoms with Crippen molar-refractivity contribution in [2.45, 2.75) is 211 Å². The Bertz CT molecular complexity index is 2220. The maximum absolute atomic E-state index is 14.0. The van der Waals surface area contributed by atoms with Crippen LogP contribution >= 0.6 is 0 Å². The molecular formula is C52H91N13O19. The third-order valence-corrected chi connectivity index (χ3v) is 12.7. The predicted octanol–water partition coefficient (Wildman–Crippen LogP) is -3.67. The van der Waals surface area contributed by atoms with Crippen molar-refractivity contribution in [3.63, 3.8) is 0 Å². The van der Waals surface area contributed by atoms with Crippen molar-refractivity contribution in [2.75, 3.05) is 19.6 Å². The molecule has 0 aliphatic carbocycles. The Balaban J connectivity index is 6.70. The number of nitrogens with two attached hydrogens (primary N) is 4. The molecule has 0 saturated heterocycles. The van der Waals surface area contributed by atoms with Crippen LogP contribution in [-0.2, 0) is 67.1 Å². The van der Waals surface area contributed by atoms with E-state index in [1.807, 2.05) is 0 Å². The topological polar surface area (TPSA) is 552 Å². The number of hydrogen-bond donors (Lipinski definition) is 18. The van der Waals surface area contributed by atoms with Gasteiger partial charge in [0.05, 0.1) is 12.5 Å². The number of carboxylic acid groups (broad SMARTS) is 5. The summed E-state index contributed by atoms with van der Waals surface area (Å²) in [5, 5.41) is 68.9. The highest BCUT2D eigenvalue weighted by Gasteiger charge is 2.36. The number of amides is 9. The summed E-state index contributed by atoms with van der Waals surface area (Å²) >= 11 is 0. The Kier molecular flexibility index (Phi) is 37.7. The Morgan fingerprint density at radius 3 is 0.952 bits per heavy atom. The standard InChI is InChI=1S/C52H91N13O19/c1-27(2)24-36(50(81)65-37(25-28(3)4)49(80)59-32(14-8-11-23-55)47(78)62-35(52(83)84)17-20-41(70)71)63-43(74)29(5)57-45(76)33(15-18-39(66)67)60-46(77)31(13-7-10-22-54)58-48(79)34(16-19-40(68)69)61-51(82)38(26-42(72)73)64-44(75)30(56)12-6-9-21-53/h27-38H,6-26,53-56H2,1-5H3,(H,57,76)(H,58,79)(H,59,80)(H,60,77)(H,61,82)(H,62,78)(H,63,74)(H,64,75)(H,65,81)(H,66,67)(H,68,69)(H,70,71)(H,72,73)(H,83,84)/t29-,30-,31-,32-,33-,34-,35-,36-,37-,38-/m0/s1. The van der Waals surface area contributed by atoms with E-state index < -0.39 is 188 Å². The summed E-state index contributed by atoms with van der Waals surface area (Å²) in [5.74, 6) is -16.8. The maximum Gasteiger partial charge on any atom is 0.326 e. The van der Waals surface area contributed by atoms with Gasteiger partial charge in [-0.3, -0.25) is 62.3 Å². The van der Waals surface area contributed by atoms with E-state index in [-0.39, 0.29) is 63.5 Å². The van der Waals surface area contributed by atoms with Crippen molar-refractivity contribution in [3.05, 3.63) is 0 Å². The van der Waals surface area contributed by atoms with Gasteiger partial charge in [-0.05, 0) is 122 Å².